The number of hydrogen-bond donors (Lipinski definition) is 1. The third kappa shape index (κ3) is 2.04. The Morgan fingerprint density at radius 3 is 2.94 bits per heavy atom. The molecule has 86 valence electrons. The fraction of sp³-hybridized carbons (Fsp3) is 0.364. The Kier molecular flexibility index (Phi) is 3.40. The highest BCUT2D eigenvalue weighted by molar-refractivity contribution is 7.80. The number of rotatable bonds is 2. The number of hydrogen-bond acceptors (Lipinski definition) is 2. The summed E-state index contributed by atoms with van der Waals surface area (Å²) in [6.07, 6.45) is 0.455. The van der Waals surface area contributed by atoms with Crippen LogP contribution in [0.1, 0.15) is 6.42 Å². The molecule has 1 fully saturated rings. The zero-order valence-electron chi connectivity index (χ0n) is 8.49. The van der Waals surface area contributed by atoms with Gasteiger partial charge in [-0.25, -0.2) is 4.39 Å². The van der Waals surface area contributed by atoms with Crippen LogP contribution in [0.25, 0.3) is 0 Å². The van der Waals surface area contributed by atoms with Gasteiger partial charge in [-0.05, 0) is 23.8 Å². The first-order chi connectivity index (χ1) is 7.63. The molecule has 1 aliphatic rings. The zero-order chi connectivity index (χ0) is 11.7. The Balaban J connectivity index is 2.31. The van der Waals surface area contributed by atoms with Crippen molar-refractivity contribution >= 4 is 35.8 Å². The molecule has 1 aliphatic heterocycles. The fourth-order valence-electron chi connectivity index (χ4n) is 1.84. The molecule has 0 saturated carbocycles. The minimum atomic E-state index is -0.499. The third-order valence-corrected chi connectivity index (χ3v) is 3.58. The van der Waals surface area contributed by atoms with E-state index in [1.165, 1.54) is 11.0 Å². The van der Waals surface area contributed by atoms with E-state index in [4.69, 9.17) is 11.6 Å². The number of halogens is 2. The Labute approximate surface area is 104 Å². The van der Waals surface area contributed by atoms with Gasteiger partial charge < -0.3 is 4.90 Å². The first kappa shape index (κ1) is 11.7. The molecule has 0 bridgehead atoms. The average molecular weight is 260 g/mol. The van der Waals surface area contributed by atoms with Gasteiger partial charge in [-0.3, -0.25) is 4.79 Å². The van der Waals surface area contributed by atoms with Crippen LogP contribution in [0.3, 0.4) is 0 Å². The lowest BCUT2D eigenvalue weighted by Gasteiger charge is -2.18. The van der Waals surface area contributed by atoms with Crippen LogP contribution in [-0.2, 0) is 4.79 Å². The first-order valence-electron chi connectivity index (χ1n) is 4.98. The second-order valence-corrected chi connectivity index (χ2v) is 4.57. The monoisotopic (exact) mass is 259 g/mol. The van der Waals surface area contributed by atoms with E-state index >= 15 is 0 Å². The number of thiol groups is 1. The van der Waals surface area contributed by atoms with E-state index in [1.807, 2.05) is 0 Å². The second kappa shape index (κ2) is 4.63. The predicted octanol–water partition coefficient (Wildman–Crippen LogP) is 2.76. The summed E-state index contributed by atoms with van der Waals surface area (Å²) in [5, 5.41) is 0.00987. The van der Waals surface area contributed by atoms with Crippen LogP contribution in [0.4, 0.5) is 10.1 Å². The van der Waals surface area contributed by atoms with Gasteiger partial charge in [0.2, 0.25) is 5.91 Å². The molecule has 0 spiro atoms. The van der Waals surface area contributed by atoms with Gasteiger partial charge in [0.25, 0.3) is 0 Å². The van der Waals surface area contributed by atoms with Crippen molar-refractivity contribution in [3.8, 4) is 0 Å². The molecule has 1 saturated heterocycles. The predicted molar refractivity (Wildman–Crippen MR) is 65.7 cm³/mol. The maximum absolute atomic E-state index is 13.3. The summed E-state index contributed by atoms with van der Waals surface area (Å²) in [5.74, 6) is 0.345. The maximum atomic E-state index is 13.3. The minimum absolute atomic E-state index is 0.00987. The molecule has 1 heterocycles. The van der Waals surface area contributed by atoms with Crippen molar-refractivity contribution in [2.45, 2.75) is 6.42 Å². The molecule has 0 aromatic heterocycles. The smallest absolute Gasteiger partial charge is 0.227 e. The molecule has 1 aromatic rings. The van der Waals surface area contributed by atoms with Crippen LogP contribution in [-0.4, -0.2) is 18.2 Å². The van der Waals surface area contributed by atoms with Crippen molar-refractivity contribution in [1.82, 2.24) is 0 Å². The SMILES string of the molecule is O=C1CC(CS)CN1c1cccc(F)c1Cl. The number of benzene rings is 1. The van der Waals surface area contributed by atoms with E-state index in [-0.39, 0.29) is 16.8 Å². The lowest BCUT2D eigenvalue weighted by Crippen LogP contribution is -2.25. The molecule has 1 aromatic carbocycles. The zero-order valence-corrected chi connectivity index (χ0v) is 10.1. The van der Waals surface area contributed by atoms with E-state index in [1.54, 1.807) is 12.1 Å². The van der Waals surface area contributed by atoms with E-state index < -0.39 is 5.82 Å². The van der Waals surface area contributed by atoms with Crippen LogP contribution in [0.2, 0.25) is 5.02 Å². The molecule has 5 heteroatoms. The van der Waals surface area contributed by atoms with Gasteiger partial charge in [0.15, 0.2) is 0 Å². The molecule has 1 amide bonds. The van der Waals surface area contributed by atoms with Gasteiger partial charge in [0.1, 0.15) is 10.8 Å². The van der Waals surface area contributed by atoms with Crippen molar-refractivity contribution < 1.29 is 9.18 Å². The largest absolute Gasteiger partial charge is 0.311 e. The Morgan fingerprint density at radius 2 is 2.31 bits per heavy atom. The minimum Gasteiger partial charge on any atom is -0.311 e. The summed E-state index contributed by atoms with van der Waals surface area (Å²) in [6, 6.07) is 4.49. The average Bonchev–Trinajstić information content (AvgIpc) is 2.64. The maximum Gasteiger partial charge on any atom is 0.227 e. The highest BCUT2D eigenvalue weighted by atomic mass is 35.5. The standard InChI is InChI=1S/C11H11ClFNOS/c12-11-8(13)2-1-3-9(11)14-5-7(6-16)4-10(14)15/h1-3,7,16H,4-6H2. The van der Waals surface area contributed by atoms with Crippen LogP contribution >= 0.6 is 24.2 Å². The molecule has 2 rings (SSSR count). The first-order valence-corrected chi connectivity index (χ1v) is 5.99. The molecule has 0 radical (unpaired) electrons. The fourth-order valence-corrected chi connectivity index (χ4v) is 2.31. The Morgan fingerprint density at radius 1 is 1.56 bits per heavy atom. The van der Waals surface area contributed by atoms with Crippen molar-refractivity contribution in [2.24, 2.45) is 5.92 Å². The summed E-state index contributed by atoms with van der Waals surface area (Å²) in [6.45, 7) is 0.561. The summed E-state index contributed by atoms with van der Waals surface area (Å²) in [5.41, 5.74) is 0.455. The molecule has 2 nitrogen and oxygen atoms in total. The van der Waals surface area contributed by atoms with Gasteiger partial charge in [0.05, 0.1) is 5.69 Å². The van der Waals surface area contributed by atoms with E-state index in [9.17, 15) is 9.18 Å². The van der Waals surface area contributed by atoms with E-state index in [0.29, 0.717) is 24.4 Å². The van der Waals surface area contributed by atoms with E-state index in [2.05, 4.69) is 12.6 Å². The molecular weight excluding hydrogens is 249 g/mol. The lowest BCUT2D eigenvalue weighted by molar-refractivity contribution is -0.117. The van der Waals surface area contributed by atoms with Crippen LogP contribution in [0.15, 0.2) is 18.2 Å². The van der Waals surface area contributed by atoms with Gasteiger partial charge in [-0.2, -0.15) is 12.6 Å². The van der Waals surface area contributed by atoms with Crippen molar-refractivity contribution in [3.63, 3.8) is 0 Å². The van der Waals surface area contributed by atoms with Gasteiger partial charge in [-0.15, -0.1) is 0 Å². The molecule has 0 N–H and O–H groups in total. The topological polar surface area (TPSA) is 20.3 Å². The second-order valence-electron chi connectivity index (χ2n) is 3.83. The normalized spacial score (nSPS) is 20.6. The van der Waals surface area contributed by atoms with Gasteiger partial charge in [0, 0.05) is 13.0 Å². The number of carbonyl (C=O) groups excluding carboxylic acids is 1. The van der Waals surface area contributed by atoms with Crippen LogP contribution in [0, 0.1) is 11.7 Å². The molecular formula is C11H11ClFNOS. The van der Waals surface area contributed by atoms with Crippen molar-refractivity contribution in [2.75, 3.05) is 17.2 Å². The van der Waals surface area contributed by atoms with E-state index in [0.717, 1.165) is 0 Å². The molecule has 16 heavy (non-hydrogen) atoms. The summed E-state index contributed by atoms with van der Waals surface area (Å²) < 4.78 is 13.3. The van der Waals surface area contributed by atoms with Crippen molar-refractivity contribution in [1.29, 1.82) is 0 Å². The quantitative estimate of drug-likeness (QED) is 0.810. The number of amides is 1. The molecule has 1 atom stereocenters. The number of nitrogens with zero attached hydrogens (tertiary/aromatic N) is 1. The third-order valence-electron chi connectivity index (χ3n) is 2.69. The Bertz CT molecular complexity index is 426. The summed E-state index contributed by atoms with van der Waals surface area (Å²) >= 11 is 10.0. The molecule has 1 unspecified atom stereocenters. The van der Waals surface area contributed by atoms with Crippen molar-refractivity contribution in [3.05, 3.63) is 29.0 Å². The Hall–Kier alpha value is -0.740. The number of carbonyl (C=O) groups is 1. The van der Waals surface area contributed by atoms with Gasteiger partial charge >= 0.3 is 0 Å². The lowest BCUT2D eigenvalue weighted by atomic mass is 10.1. The summed E-state index contributed by atoms with van der Waals surface area (Å²) in [7, 11) is 0. The van der Waals surface area contributed by atoms with Crippen LogP contribution < -0.4 is 4.90 Å². The highest BCUT2D eigenvalue weighted by Crippen LogP contribution is 2.32. The summed E-state index contributed by atoms with van der Waals surface area (Å²) in [4.78, 5) is 13.3. The van der Waals surface area contributed by atoms with Gasteiger partial charge in [-0.1, -0.05) is 17.7 Å². The number of anilines is 1. The molecule has 0 aliphatic carbocycles. The highest BCUT2D eigenvalue weighted by Gasteiger charge is 2.31. The van der Waals surface area contributed by atoms with Crippen LogP contribution in [0.5, 0.6) is 0 Å².